The zero-order valence-corrected chi connectivity index (χ0v) is 14.4. The molecule has 1 aliphatic rings. The van der Waals surface area contributed by atoms with Crippen molar-refractivity contribution in [2.45, 2.75) is 13.8 Å². The van der Waals surface area contributed by atoms with Crippen LogP contribution in [0.3, 0.4) is 0 Å². The van der Waals surface area contributed by atoms with Crippen LogP contribution in [0.1, 0.15) is 11.1 Å². The molecule has 4 rings (SSSR count). The molecule has 2 aromatic heterocycles. The Kier molecular flexibility index (Phi) is 3.59. The Morgan fingerprint density at radius 3 is 2.46 bits per heavy atom. The van der Waals surface area contributed by atoms with Gasteiger partial charge in [0.1, 0.15) is 6.33 Å². The highest BCUT2D eigenvalue weighted by Crippen LogP contribution is 2.26. The standard InChI is InChI=1S/C18H22N6/c1-13-4-5-14(2)15(10-13)23-6-8-24(9-7-23)18-16-17(19-11-20-18)22(3)12-21-16/h4-5,10-12H,6-9H2,1-3H3. The smallest absolute Gasteiger partial charge is 0.165 e. The Labute approximate surface area is 141 Å². The zero-order valence-electron chi connectivity index (χ0n) is 14.4. The first-order valence-electron chi connectivity index (χ1n) is 8.32. The first kappa shape index (κ1) is 14.9. The minimum absolute atomic E-state index is 0.886. The summed E-state index contributed by atoms with van der Waals surface area (Å²) in [7, 11) is 1.96. The summed E-state index contributed by atoms with van der Waals surface area (Å²) in [6.07, 6.45) is 3.44. The van der Waals surface area contributed by atoms with Crippen LogP contribution in [0.15, 0.2) is 30.9 Å². The van der Waals surface area contributed by atoms with E-state index in [1.165, 1.54) is 16.8 Å². The SMILES string of the molecule is Cc1ccc(C)c(N2CCN(c3ncnc4c3ncn4C)CC2)c1. The minimum atomic E-state index is 0.886. The van der Waals surface area contributed by atoms with Crippen LogP contribution in [0, 0.1) is 13.8 Å². The Morgan fingerprint density at radius 2 is 1.67 bits per heavy atom. The van der Waals surface area contributed by atoms with E-state index >= 15 is 0 Å². The maximum absolute atomic E-state index is 4.49. The molecule has 6 heteroatoms. The Balaban J connectivity index is 1.56. The van der Waals surface area contributed by atoms with E-state index < -0.39 is 0 Å². The van der Waals surface area contributed by atoms with Crippen LogP contribution in [0.5, 0.6) is 0 Å². The van der Waals surface area contributed by atoms with Crippen LogP contribution < -0.4 is 9.80 Å². The number of rotatable bonds is 2. The van der Waals surface area contributed by atoms with Crippen molar-refractivity contribution in [3.05, 3.63) is 42.0 Å². The average Bonchev–Trinajstić information content (AvgIpc) is 2.99. The Bertz CT molecular complexity index is 876. The number of imidazole rings is 1. The van der Waals surface area contributed by atoms with E-state index in [1.807, 2.05) is 11.6 Å². The average molecular weight is 322 g/mol. The first-order valence-corrected chi connectivity index (χ1v) is 8.32. The van der Waals surface area contributed by atoms with Gasteiger partial charge in [-0.2, -0.15) is 0 Å². The molecule has 3 heterocycles. The van der Waals surface area contributed by atoms with E-state index in [-0.39, 0.29) is 0 Å². The van der Waals surface area contributed by atoms with Crippen molar-refractivity contribution in [1.29, 1.82) is 0 Å². The molecule has 1 fully saturated rings. The van der Waals surface area contributed by atoms with Gasteiger partial charge in [-0.1, -0.05) is 12.1 Å². The minimum Gasteiger partial charge on any atom is -0.368 e. The molecule has 0 radical (unpaired) electrons. The van der Waals surface area contributed by atoms with Gasteiger partial charge in [0.15, 0.2) is 17.0 Å². The topological polar surface area (TPSA) is 50.1 Å². The van der Waals surface area contributed by atoms with Crippen molar-refractivity contribution in [2.24, 2.45) is 7.05 Å². The van der Waals surface area contributed by atoms with Crippen molar-refractivity contribution in [3.8, 4) is 0 Å². The van der Waals surface area contributed by atoms with Gasteiger partial charge in [-0.05, 0) is 31.0 Å². The number of aryl methyl sites for hydroxylation is 3. The second-order valence-corrected chi connectivity index (χ2v) is 6.49. The molecule has 24 heavy (non-hydrogen) atoms. The number of anilines is 2. The monoisotopic (exact) mass is 322 g/mol. The summed E-state index contributed by atoms with van der Waals surface area (Å²) in [5.41, 5.74) is 5.77. The molecule has 0 bridgehead atoms. The van der Waals surface area contributed by atoms with Gasteiger partial charge in [0, 0.05) is 38.9 Å². The van der Waals surface area contributed by atoms with E-state index in [1.54, 1.807) is 12.7 Å². The molecular weight excluding hydrogens is 300 g/mol. The fourth-order valence-corrected chi connectivity index (χ4v) is 3.38. The lowest BCUT2D eigenvalue weighted by Gasteiger charge is -2.37. The summed E-state index contributed by atoms with van der Waals surface area (Å²) in [5, 5.41) is 0. The van der Waals surface area contributed by atoms with Crippen LogP contribution in [-0.4, -0.2) is 45.7 Å². The highest BCUT2D eigenvalue weighted by Gasteiger charge is 2.22. The van der Waals surface area contributed by atoms with Crippen LogP contribution in [-0.2, 0) is 7.05 Å². The molecule has 0 amide bonds. The summed E-state index contributed by atoms with van der Waals surface area (Å²) in [6.45, 7) is 8.19. The maximum atomic E-state index is 4.49. The Hall–Kier alpha value is -2.63. The molecule has 1 aromatic carbocycles. The third-order valence-corrected chi connectivity index (χ3v) is 4.76. The molecule has 0 spiro atoms. The molecule has 1 aliphatic heterocycles. The predicted molar refractivity (Wildman–Crippen MR) is 96.6 cm³/mol. The van der Waals surface area contributed by atoms with Crippen molar-refractivity contribution in [3.63, 3.8) is 0 Å². The van der Waals surface area contributed by atoms with Gasteiger partial charge in [-0.3, -0.25) is 0 Å². The number of hydrogen-bond acceptors (Lipinski definition) is 5. The third-order valence-electron chi connectivity index (χ3n) is 4.76. The molecule has 0 atom stereocenters. The van der Waals surface area contributed by atoms with Gasteiger partial charge in [-0.15, -0.1) is 0 Å². The number of benzene rings is 1. The molecule has 6 nitrogen and oxygen atoms in total. The van der Waals surface area contributed by atoms with Crippen molar-refractivity contribution >= 4 is 22.7 Å². The molecule has 1 saturated heterocycles. The molecule has 124 valence electrons. The second-order valence-electron chi connectivity index (χ2n) is 6.49. The van der Waals surface area contributed by atoms with Gasteiger partial charge >= 0.3 is 0 Å². The van der Waals surface area contributed by atoms with Crippen molar-refractivity contribution in [2.75, 3.05) is 36.0 Å². The lowest BCUT2D eigenvalue weighted by molar-refractivity contribution is 0.647. The number of fused-ring (bicyclic) bond motifs is 1. The zero-order chi connectivity index (χ0) is 16.7. The van der Waals surface area contributed by atoms with E-state index in [0.29, 0.717) is 0 Å². The fraction of sp³-hybridized carbons (Fsp3) is 0.389. The molecule has 0 unspecified atom stereocenters. The number of hydrogen-bond donors (Lipinski definition) is 0. The normalized spacial score (nSPS) is 15.3. The second kappa shape index (κ2) is 5.78. The van der Waals surface area contributed by atoms with Gasteiger partial charge in [0.2, 0.25) is 0 Å². The highest BCUT2D eigenvalue weighted by atomic mass is 15.3. The van der Waals surface area contributed by atoms with Gasteiger partial charge in [-0.25, -0.2) is 15.0 Å². The lowest BCUT2D eigenvalue weighted by atomic mass is 10.1. The van der Waals surface area contributed by atoms with Crippen LogP contribution in [0.2, 0.25) is 0 Å². The lowest BCUT2D eigenvalue weighted by Crippen LogP contribution is -2.47. The van der Waals surface area contributed by atoms with Crippen LogP contribution in [0.4, 0.5) is 11.5 Å². The highest BCUT2D eigenvalue weighted by molar-refractivity contribution is 5.83. The molecule has 0 aliphatic carbocycles. The van der Waals surface area contributed by atoms with E-state index in [2.05, 4.69) is 56.8 Å². The summed E-state index contributed by atoms with van der Waals surface area (Å²) < 4.78 is 1.94. The van der Waals surface area contributed by atoms with E-state index in [4.69, 9.17) is 0 Å². The van der Waals surface area contributed by atoms with Gasteiger partial charge < -0.3 is 14.4 Å². The summed E-state index contributed by atoms with van der Waals surface area (Å²) in [5.74, 6) is 0.946. The number of aromatic nitrogens is 4. The molecular formula is C18H22N6. The fourth-order valence-electron chi connectivity index (χ4n) is 3.38. The number of piperazine rings is 1. The number of nitrogens with zero attached hydrogens (tertiary/aromatic N) is 6. The summed E-state index contributed by atoms with van der Waals surface area (Å²) >= 11 is 0. The van der Waals surface area contributed by atoms with Gasteiger partial charge in [0.25, 0.3) is 0 Å². The third kappa shape index (κ3) is 2.48. The van der Waals surface area contributed by atoms with Crippen LogP contribution >= 0.6 is 0 Å². The predicted octanol–water partition coefficient (Wildman–Crippen LogP) is 2.31. The van der Waals surface area contributed by atoms with E-state index in [0.717, 1.165) is 43.2 Å². The van der Waals surface area contributed by atoms with Crippen molar-refractivity contribution in [1.82, 2.24) is 19.5 Å². The quantitative estimate of drug-likeness (QED) is 0.725. The van der Waals surface area contributed by atoms with Crippen molar-refractivity contribution < 1.29 is 0 Å². The molecule has 3 aromatic rings. The first-order chi connectivity index (χ1) is 11.6. The Morgan fingerprint density at radius 1 is 0.917 bits per heavy atom. The largest absolute Gasteiger partial charge is 0.368 e. The summed E-state index contributed by atoms with van der Waals surface area (Å²) in [4.78, 5) is 18.1. The van der Waals surface area contributed by atoms with Crippen LogP contribution in [0.25, 0.3) is 11.2 Å². The maximum Gasteiger partial charge on any atom is 0.165 e. The molecule has 0 N–H and O–H groups in total. The van der Waals surface area contributed by atoms with E-state index in [9.17, 15) is 0 Å². The molecule has 0 saturated carbocycles. The summed E-state index contributed by atoms with van der Waals surface area (Å²) in [6, 6.07) is 6.67. The van der Waals surface area contributed by atoms with Gasteiger partial charge in [0.05, 0.1) is 6.33 Å².